The van der Waals surface area contributed by atoms with Gasteiger partial charge in [0, 0.05) is 12.1 Å². The van der Waals surface area contributed by atoms with E-state index in [2.05, 4.69) is 28.2 Å². The van der Waals surface area contributed by atoms with Gasteiger partial charge in [0.15, 0.2) is 17.3 Å². The van der Waals surface area contributed by atoms with Gasteiger partial charge in [-0.1, -0.05) is 35.9 Å². The van der Waals surface area contributed by atoms with E-state index in [4.69, 9.17) is 33.7 Å². The number of ether oxygens (including phenoxy) is 2. The monoisotopic (exact) mass is 401 g/mol. The maximum absolute atomic E-state index is 14.5. The predicted molar refractivity (Wildman–Crippen MR) is 102 cm³/mol. The highest BCUT2D eigenvalue weighted by molar-refractivity contribution is 6.58. The van der Waals surface area contributed by atoms with Crippen LogP contribution >= 0.6 is 23.2 Å². The molecule has 140 valence electrons. The number of benzene rings is 1. The van der Waals surface area contributed by atoms with Gasteiger partial charge in [-0.05, 0) is 12.1 Å². The molecule has 0 aliphatic carbocycles. The van der Waals surface area contributed by atoms with Crippen LogP contribution < -0.4 is 15.8 Å². The van der Waals surface area contributed by atoms with Crippen molar-refractivity contribution in [3.05, 3.63) is 58.6 Å². The maximum Gasteiger partial charge on any atom is 0.358 e. The van der Waals surface area contributed by atoms with Crippen molar-refractivity contribution < 1.29 is 18.7 Å². The molecule has 0 aromatic heterocycles. The van der Waals surface area contributed by atoms with E-state index in [-0.39, 0.29) is 38.6 Å². The molecule has 0 heterocycles. The fourth-order valence-electron chi connectivity index (χ4n) is 1.81. The lowest BCUT2D eigenvalue weighted by Crippen LogP contribution is -2.26. The van der Waals surface area contributed by atoms with Crippen molar-refractivity contribution >= 4 is 40.6 Å². The Labute approximate surface area is 160 Å². The molecule has 0 radical (unpaired) electrons. The molecule has 0 spiro atoms. The van der Waals surface area contributed by atoms with Crippen LogP contribution in [0.3, 0.4) is 0 Å². The number of nitrogens with zero attached hydrogens (tertiary/aromatic N) is 1. The molecule has 0 fully saturated rings. The molecule has 0 atom stereocenters. The SMILES string of the molecule is C=CCN/C(N)=C(Cl)/C(=N\C(=C)c1ccc(Cl)c(OC)c1F)C(=O)OC. The fourth-order valence-corrected chi connectivity index (χ4v) is 2.22. The standard InChI is InChI=1S/C17H18Cl2FN3O3/c1-5-8-22-16(21)12(19)14(17(24)26-4)23-9(2)10-6-7-11(18)15(25-3)13(10)20/h5-7,22H,1-2,8,21H2,3-4H3/b16-12-,23-14+. The van der Waals surface area contributed by atoms with Crippen LogP contribution in [0.25, 0.3) is 5.70 Å². The smallest absolute Gasteiger partial charge is 0.358 e. The van der Waals surface area contributed by atoms with Gasteiger partial charge in [-0.25, -0.2) is 14.2 Å². The predicted octanol–water partition coefficient (Wildman–Crippen LogP) is 3.21. The van der Waals surface area contributed by atoms with Crippen LogP contribution in [0.2, 0.25) is 5.02 Å². The van der Waals surface area contributed by atoms with E-state index >= 15 is 0 Å². The van der Waals surface area contributed by atoms with Crippen molar-refractivity contribution in [2.45, 2.75) is 0 Å². The van der Waals surface area contributed by atoms with E-state index in [0.717, 1.165) is 7.11 Å². The average Bonchev–Trinajstić information content (AvgIpc) is 2.63. The molecule has 0 aliphatic heterocycles. The highest BCUT2D eigenvalue weighted by Gasteiger charge is 2.21. The lowest BCUT2D eigenvalue weighted by Gasteiger charge is -2.11. The first-order chi connectivity index (χ1) is 12.3. The molecular formula is C17H18Cl2FN3O3. The Morgan fingerprint density at radius 2 is 2.12 bits per heavy atom. The Bertz CT molecular complexity index is 792. The Balaban J connectivity index is 3.40. The molecule has 0 saturated heterocycles. The number of aliphatic imine (C=N–C) groups is 1. The van der Waals surface area contributed by atoms with Gasteiger partial charge in [-0.3, -0.25) is 0 Å². The van der Waals surface area contributed by atoms with E-state index in [1.165, 1.54) is 19.2 Å². The Morgan fingerprint density at radius 3 is 2.65 bits per heavy atom. The molecule has 0 amide bonds. The lowest BCUT2D eigenvalue weighted by molar-refractivity contribution is -0.132. The zero-order chi connectivity index (χ0) is 19.9. The number of methoxy groups -OCH3 is 2. The van der Waals surface area contributed by atoms with Crippen molar-refractivity contribution in [3.8, 4) is 5.75 Å². The second-order valence-electron chi connectivity index (χ2n) is 4.74. The Kier molecular flexibility index (Phi) is 8.15. The normalized spacial score (nSPS) is 12.1. The molecule has 1 rings (SSSR count). The van der Waals surface area contributed by atoms with E-state index in [1.807, 2.05) is 0 Å². The number of nitrogens with two attached hydrogens (primary N) is 1. The number of hydrogen-bond donors (Lipinski definition) is 2. The third-order valence-electron chi connectivity index (χ3n) is 3.07. The van der Waals surface area contributed by atoms with Crippen molar-refractivity contribution in [3.63, 3.8) is 0 Å². The summed E-state index contributed by atoms with van der Waals surface area (Å²) in [4.78, 5) is 16.0. The van der Waals surface area contributed by atoms with Gasteiger partial charge in [-0.15, -0.1) is 6.58 Å². The largest absolute Gasteiger partial charge is 0.492 e. The zero-order valence-electron chi connectivity index (χ0n) is 14.2. The van der Waals surface area contributed by atoms with Crippen LogP contribution in [-0.2, 0) is 9.53 Å². The van der Waals surface area contributed by atoms with E-state index in [0.29, 0.717) is 6.54 Å². The average molecular weight is 402 g/mol. The van der Waals surface area contributed by atoms with Gasteiger partial charge in [0.2, 0.25) is 0 Å². The van der Waals surface area contributed by atoms with Gasteiger partial charge in [0.25, 0.3) is 0 Å². The topological polar surface area (TPSA) is 85.9 Å². The second-order valence-corrected chi connectivity index (χ2v) is 5.52. The van der Waals surface area contributed by atoms with E-state index in [1.54, 1.807) is 6.08 Å². The Hall–Kier alpha value is -2.51. The summed E-state index contributed by atoms with van der Waals surface area (Å²) in [5, 5.41) is 2.59. The third-order valence-corrected chi connectivity index (χ3v) is 3.75. The molecule has 6 nitrogen and oxygen atoms in total. The summed E-state index contributed by atoms with van der Waals surface area (Å²) in [6, 6.07) is 2.76. The molecular weight excluding hydrogens is 384 g/mol. The number of rotatable bonds is 8. The third kappa shape index (κ3) is 5.00. The maximum atomic E-state index is 14.5. The van der Waals surface area contributed by atoms with Gasteiger partial charge in [0.05, 0.1) is 24.9 Å². The van der Waals surface area contributed by atoms with Crippen molar-refractivity contribution in [2.75, 3.05) is 20.8 Å². The second kappa shape index (κ2) is 9.84. The summed E-state index contributed by atoms with van der Waals surface area (Å²) in [5.74, 6) is -1.86. The highest BCUT2D eigenvalue weighted by Crippen LogP contribution is 2.33. The minimum Gasteiger partial charge on any atom is -0.492 e. The number of carbonyl (C=O) groups is 1. The molecule has 26 heavy (non-hydrogen) atoms. The summed E-state index contributed by atoms with van der Waals surface area (Å²) in [6.07, 6.45) is 1.54. The first kappa shape index (κ1) is 21.5. The van der Waals surface area contributed by atoms with Crippen molar-refractivity contribution in [1.82, 2.24) is 5.32 Å². The minimum atomic E-state index is -0.874. The summed E-state index contributed by atoms with van der Waals surface area (Å²) >= 11 is 12.0. The van der Waals surface area contributed by atoms with E-state index in [9.17, 15) is 9.18 Å². The molecule has 1 aromatic carbocycles. The van der Waals surface area contributed by atoms with Crippen LogP contribution in [0.15, 0.2) is 47.2 Å². The Morgan fingerprint density at radius 1 is 1.46 bits per heavy atom. The number of halogens is 3. The number of carbonyl (C=O) groups excluding carboxylic acids is 1. The minimum absolute atomic E-state index is 0.0299. The summed E-state index contributed by atoms with van der Waals surface area (Å²) in [7, 11) is 2.41. The van der Waals surface area contributed by atoms with Crippen molar-refractivity contribution in [2.24, 2.45) is 10.7 Å². The molecule has 0 unspecified atom stereocenters. The van der Waals surface area contributed by atoms with Gasteiger partial charge >= 0.3 is 5.97 Å². The fraction of sp³-hybridized carbons (Fsp3) is 0.176. The van der Waals surface area contributed by atoms with Crippen LogP contribution in [0.1, 0.15) is 5.56 Å². The van der Waals surface area contributed by atoms with Gasteiger partial charge < -0.3 is 20.5 Å². The molecule has 0 aliphatic rings. The quantitative estimate of drug-likeness (QED) is 0.396. The molecule has 1 aromatic rings. The van der Waals surface area contributed by atoms with Crippen LogP contribution in [0.4, 0.5) is 4.39 Å². The van der Waals surface area contributed by atoms with Gasteiger partial charge in [0.1, 0.15) is 10.9 Å². The molecule has 3 N–H and O–H groups in total. The molecule has 0 saturated carbocycles. The van der Waals surface area contributed by atoms with Gasteiger partial charge in [-0.2, -0.15) is 0 Å². The summed E-state index contributed by atoms with van der Waals surface area (Å²) in [5.41, 5.74) is 5.28. The molecule has 9 heteroatoms. The first-order valence-corrected chi connectivity index (χ1v) is 7.92. The van der Waals surface area contributed by atoms with Crippen LogP contribution in [0, 0.1) is 5.82 Å². The van der Waals surface area contributed by atoms with Crippen LogP contribution in [-0.4, -0.2) is 32.4 Å². The summed E-state index contributed by atoms with van der Waals surface area (Å²) < 4.78 is 24.0. The number of hydrogen-bond acceptors (Lipinski definition) is 6. The highest BCUT2D eigenvalue weighted by atomic mass is 35.5. The number of nitrogens with one attached hydrogen (secondary N) is 1. The molecule has 0 bridgehead atoms. The first-order valence-electron chi connectivity index (χ1n) is 7.17. The van der Waals surface area contributed by atoms with E-state index < -0.39 is 11.8 Å². The van der Waals surface area contributed by atoms with Crippen LogP contribution in [0.5, 0.6) is 5.75 Å². The zero-order valence-corrected chi connectivity index (χ0v) is 15.7. The van der Waals surface area contributed by atoms with Crippen molar-refractivity contribution in [1.29, 1.82) is 0 Å². The summed E-state index contributed by atoms with van der Waals surface area (Å²) in [6.45, 7) is 7.49. The number of esters is 1. The lowest BCUT2D eigenvalue weighted by atomic mass is 10.1.